The Bertz CT molecular complexity index is 973. The minimum absolute atomic E-state index is 0.00139. The molecule has 0 radical (unpaired) electrons. The van der Waals surface area contributed by atoms with Crippen molar-refractivity contribution in [3.8, 4) is 5.75 Å². The van der Waals surface area contributed by atoms with Crippen LogP contribution in [0.5, 0.6) is 5.75 Å². The van der Waals surface area contributed by atoms with Gasteiger partial charge in [-0.05, 0) is 37.6 Å². The fourth-order valence-electron chi connectivity index (χ4n) is 2.87. The van der Waals surface area contributed by atoms with Gasteiger partial charge in [0.25, 0.3) is 5.91 Å². The van der Waals surface area contributed by atoms with Gasteiger partial charge in [-0.1, -0.05) is 25.1 Å². The molecule has 0 heterocycles. The van der Waals surface area contributed by atoms with Gasteiger partial charge in [0.15, 0.2) is 9.84 Å². The average Bonchev–Trinajstić information content (AvgIpc) is 2.71. The smallest absolute Gasteiger partial charge is 0.255 e. The summed E-state index contributed by atoms with van der Waals surface area (Å²) < 4.78 is 30.2. The first-order valence-electron chi connectivity index (χ1n) is 9.37. The Morgan fingerprint density at radius 2 is 1.79 bits per heavy atom. The molecule has 0 saturated heterocycles. The van der Waals surface area contributed by atoms with Crippen LogP contribution < -0.4 is 10.1 Å². The second kappa shape index (κ2) is 10.1. The fraction of sp³-hybridized carbons (Fsp3) is 0.333. The number of ether oxygens (including phenoxy) is 1. The first-order chi connectivity index (χ1) is 13.8. The van der Waals surface area contributed by atoms with Crippen molar-refractivity contribution in [2.75, 3.05) is 31.3 Å². The molecule has 2 aromatic rings. The van der Waals surface area contributed by atoms with Crippen molar-refractivity contribution in [2.45, 2.75) is 25.2 Å². The van der Waals surface area contributed by atoms with Crippen LogP contribution in [0.2, 0.25) is 0 Å². The third kappa shape index (κ3) is 5.80. The van der Waals surface area contributed by atoms with E-state index in [1.165, 1.54) is 24.1 Å². The molecular formula is C21H26N2O5S. The largest absolute Gasteiger partial charge is 0.497 e. The number of carbonyl (C=O) groups is 2. The third-order valence-electron chi connectivity index (χ3n) is 4.28. The number of rotatable bonds is 9. The van der Waals surface area contributed by atoms with Crippen molar-refractivity contribution >= 4 is 27.3 Å². The zero-order chi connectivity index (χ0) is 21.4. The number of sulfone groups is 1. The number of nitrogens with zero attached hydrogens (tertiary/aromatic N) is 1. The Morgan fingerprint density at radius 1 is 1.07 bits per heavy atom. The lowest BCUT2D eigenvalue weighted by molar-refractivity contribution is -0.116. The van der Waals surface area contributed by atoms with Crippen LogP contribution in [-0.2, 0) is 14.6 Å². The van der Waals surface area contributed by atoms with Crippen LogP contribution in [0, 0.1) is 0 Å². The van der Waals surface area contributed by atoms with E-state index in [9.17, 15) is 18.0 Å². The lowest BCUT2D eigenvalue weighted by Crippen LogP contribution is -2.38. The van der Waals surface area contributed by atoms with Gasteiger partial charge in [0, 0.05) is 18.3 Å². The van der Waals surface area contributed by atoms with Crippen LogP contribution >= 0.6 is 0 Å². The van der Waals surface area contributed by atoms with E-state index in [4.69, 9.17) is 4.74 Å². The van der Waals surface area contributed by atoms with Gasteiger partial charge >= 0.3 is 0 Å². The lowest BCUT2D eigenvalue weighted by atomic mass is 10.2. The predicted molar refractivity (Wildman–Crippen MR) is 112 cm³/mol. The maximum atomic E-state index is 13.0. The van der Waals surface area contributed by atoms with E-state index in [1.54, 1.807) is 50.2 Å². The molecule has 0 unspecified atom stereocenters. The highest BCUT2D eigenvalue weighted by Gasteiger charge is 2.25. The van der Waals surface area contributed by atoms with E-state index in [-0.39, 0.29) is 35.2 Å². The normalized spacial score (nSPS) is 11.0. The van der Waals surface area contributed by atoms with Crippen molar-refractivity contribution in [3.63, 3.8) is 0 Å². The molecule has 0 aliphatic rings. The molecule has 0 aliphatic carbocycles. The Morgan fingerprint density at radius 3 is 2.45 bits per heavy atom. The molecule has 0 atom stereocenters. The second-order valence-electron chi connectivity index (χ2n) is 6.41. The molecule has 7 nitrogen and oxygen atoms in total. The lowest BCUT2D eigenvalue weighted by Gasteiger charge is -2.22. The quantitative estimate of drug-likeness (QED) is 0.676. The zero-order valence-electron chi connectivity index (χ0n) is 16.8. The Kier molecular flexibility index (Phi) is 7.78. The molecular weight excluding hydrogens is 392 g/mol. The van der Waals surface area contributed by atoms with Crippen molar-refractivity contribution in [1.82, 2.24) is 4.90 Å². The highest BCUT2D eigenvalue weighted by Crippen LogP contribution is 2.20. The fourth-order valence-corrected chi connectivity index (χ4v) is 4.40. The summed E-state index contributed by atoms with van der Waals surface area (Å²) in [5, 5.41) is 2.72. The first-order valence-corrected chi connectivity index (χ1v) is 11.0. The van der Waals surface area contributed by atoms with Crippen molar-refractivity contribution in [3.05, 3.63) is 54.1 Å². The van der Waals surface area contributed by atoms with Crippen molar-refractivity contribution < 1.29 is 22.7 Å². The summed E-state index contributed by atoms with van der Waals surface area (Å²) in [4.78, 5) is 26.7. The van der Waals surface area contributed by atoms with Gasteiger partial charge in [-0.15, -0.1) is 0 Å². The van der Waals surface area contributed by atoms with E-state index >= 15 is 0 Å². The number of likely N-dealkylation sites (N-methyl/N-ethyl adjacent to an activating group) is 1. The van der Waals surface area contributed by atoms with Gasteiger partial charge in [0.2, 0.25) is 5.91 Å². The van der Waals surface area contributed by atoms with Gasteiger partial charge < -0.3 is 15.0 Å². The molecule has 29 heavy (non-hydrogen) atoms. The molecule has 8 heteroatoms. The van der Waals surface area contributed by atoms with Gasteiger partial charge in [-0.3, -0.25) is 9.59 Å². The minimum atomic E-state index is -3.57. The molecule has 2 rings (SSSR count). The molecule has 0 saturated carbocycles. The molecule has 0 bridgehead atoms. The number of benzene rings is 2. The third-order valence-corrected chi connectivity index (χ3v) is 6.25. The number of anilines is 1. The molecule has 0 aliphatic heterocycles. The summed E-state index contributed by atoms with van der Waals surface area (Å²) >= 11 is 0. The maximum Gasteiger partial charge on any atom is 0.255 e. The molecule has 2 amide bonds. The minimum Gasteiger partial charge on any atom is -0.497 e. The van der Waals surface area contributed by atoms with Crippen LogP contribution in [0.15, 0.2) is 53.4 Å². The SMILES string of the molecule is CCCS(=O)(=O)c1ccccc1C(=O)N(CC)CC(=O)Nc1cccc(OC)c1. The van der Waals surface area contributed by atoms with Crippen LogP contribution in [0.4, 0.5) is 5.69 Å². The van der Waals surface area contributed by atoms with Gasteiger partial charge in [-0.2, -0.15) is 0 Å². The van der Waals surface area contributed by atoms with Crippen molar-refractivity contribution in [1.29, 1.82) is 0 Å². The first kappa shape index (κ1) is 22.4. The molecule has 0 spiro atoms. The Balaban J connectivity index is 2.20. The predicted octanol–water partition coefficient (Wildman–Crippen LogP) is 2.98. The van der Waals surface area contributed by atoms with Gasteiger partial charge in [-0.25, -0.2) is 8.42 Å². The van der Waals surface area contributed by atoms with Crippen LogP contribution in [0.1, 0.15) is 30.6 Å². The molecule has 0 fully saturated rings. The van der Waals surface area contributed by atoms with Gasteiger partial charge in [0.05, 0.1) is 23.3 Å². The summed E-state index contributed by atoms with van der Waals surface area (Å²) in [5.74, 6) is -0.327. The average molecular weight is 419 g/mol. The van der Waals surface area contributed by atoms with Gasteiger partial charge in [0.1, 0.15) is 12.3 Å². The number of methoxy groups -OCH3 is 1. The van der Waals surface area contributed by atoms with E-state index in [0.29, 0.717) is 17.9 Å². The standard InChI is InChI=1S/C21H26N2O5S/c1-4-13-29(26,27)19-12-7-6-11-18(19)21(25)23(5-2)15-20(24)22-16-9-8-10-17(14-16)28-3/h6-12,14H,4-5,13,15H2,1-3H3,(H,22,24). The monoisotopic (exact) mass is 418 g/mol. The molecule has 2 aromatic carbocycles. The molecule has 0 aromatic heterocycles. The number of amides is 2. The van der Waals surface area contributed by atoms with Crippen molar-refractivity contribution in [2.24, 2.45) is 0 Å². The topological polar surface area (TPSA) is 92.8 Å². The highest BCUT2D eigenvalue weighted by molar-refractivity contribution is 7.91. The number of hydrogen-bond acceptors (Lipinski definition) is 5. The zero-order valence-corrected chi connectivity index (χ0v) is 17.7. The highest BCUT2D eigenvalue weighted by atomic mass is 32.2. The number of hydrogen-bond donors (Lipinski definition) is 1. The summed E-state index contributed by atoms with van der Waals surface area (Å²) in [6.45, 7) is 3.56. The Hall–Kier alpha value is -2.87. The molecule has 156 valence electrons. The van der Waals surface area contributed by atoms with E-state index in [2.05, 4.69) is 5.32 Å². The van der Waals surface area contributed by atoms with E-state index in [1.807, 2.05) is 0 Å². The second-order valence-corrected chi connectivity index (χ2v) is 8.49. The van der Waals surface area contributed by atoms with Crippen LogP contribution in [0.25, 0.3) is 0 Å². The van der Waals surface area contributed by atoms with E-state index < -0.39 is 15.7 Å². The molecule has 1 N–H and O–H groups in total. The van der Waals surface area contributed by atoms with Crippen LogP contribution in [0.3, 0.4) is 0 Å². The number of nitrogens with one attached hydrogen (secondary N) is 1. The number of carbonyl (C=O) groups excluding carboxylic acids is 2. The Labute approximate surface area is 171 Å². The summed E-state index contributed by atoms with van der Waals surface area (Å²) in [5.41, 5.74) is 0.626. The summed E-state index contributed by atoms with van der Waals surface area (Å²) in [6.07, 6.45) is 0.450. The van der Waals surface area contributed by atoms with Crippen LogP contribution in [-0.4, -0.2) is 51.1 Å². The summed E-state index contributed by atoms with van der Waals surface area (Å²) in [7, 11) is -2.04. The summed E-state index contributed by atoms with van der Waals surface area (Å²) in [6, 6.07) is 13.0. The maximum absolute atomic E-state index is 13.0. The van der Waals surface area contributed by atoms with E-state index in [0.717, 1.165) is 0 Å².